The number of rotatable bonds is 9. The van der Waals surface area contributed by atoms with Gasteiger partial charge in [0.25, 0.3) is 0 Å². The molecule has 13 heterocycles. The van der Waals surface area contributed by atoms with Gasteiger partial charge < -0.3 is 31.1 Å². The van der Waals surface area contributed by atoms with Crippen molar-refractivity contribution in [3.8, 4) is 73.2 Å². The van der Waals surface area contributed by atoms with Crippen LogP contribution in [-0.2, 0) is 6.42 Å². The van der Waals surface area contributed by atoms with E-state index in [0.29, 0.717) is 74.2 Å². The molecule has 11 aromatic rings. The molecule has 0 amide bonds. The van der Waals surface area contributed by atoms with Crippen molar-refractivity contribution < 1.29 is 23.4 Å². The highest BCUT2D eigenvalue weighted by Gasteiger charge is 2.42. The van der Waals surface area contributed by atoms with Crippen LogP contribution in [0.15, 0.2) is 104 Å². The summed E-state index contributed by atoms with van der Waals surface area (Å²) >= 11 is 0. The van der Waals surface area contributed by atoms with Crippen molar-refractivity contribution in [2.24, 2.45) is 0 Å². The Balaban J connectivity index is 0.000000121. The van der Waals surface area contributed by atoms with Crippen LogP contribution in [0.1, 0.15) is 124 Å². The number of benzene rings is 3. The highest BCUT2D eigenvalue weighted by atomic mass is 19.2. The van der Waals surface area contributed by atoms with E-state index < -0.39 is 17.5 Å². The molecule has 93 heavy (non-hydrogen) atoms. The van der Waals surface area contributed by atoms with Gasteiger partial charge in [-0.25, -0.2) is 27.2 Å². The number of fused-ring (bicyclic) bond motifs is 5. The van der Waals surface area contributed by atoms with E-state index >= 15 is 0 Å². The standard InChI is InChI=1S/C22H22F2N6.C22H25FN8O.C22H26N8O/c23-20-17(13-10-25-26-11-13)3-4-18(21(20)24)19-7-12-5-6-30(22(12)29-28-19)16-8-14-1-2-15(9-16)27-14;1-21(2)8-13(9-22(3,4)29-21)31-20-18(27-30-31)7-17(26-28-20)15-5-16(23)14(6-19(15)32)12-10-24-25-11-12;1-21(2)12-15(13-22(3,4)27-21)30-20-18(25-28-30)11-17(24-26-20)16-7-6-14(10-19(16)31)29-9-5-8-23-29/h3-4,7,10-11,14-16,27H,1-2,5-6,8-9H2,(H,25,26);5-7,10-11,13,29,32H,8-9H2,1-4H3,(H,24,25);5-11,15,27,31H,12-13H2,1-4H3. The molecule has 2 atom stereocenters. The zero-order valence-electron chi connectivity index (χ0n) is 52.9. The first-order valence-corrected chi connectivity index (χ1v) is 31.5. The quantitative estimate of drug-likeness (QED) is 0.0707. The molecular formula is C66H73F3N22O2. The fourth-order valence-electron chi connectivity index (χ4n) is 15.2. The summed E-state index contributed by atoms with van der Waals surface area (Å²) in [5.74, 6) is -1.40. The lowest BCUT2D eigenvalue weighted by Gasteiger charge is -2.46. The smallest absolute Gasteiger partial charge is 0.201 e. The third kappa shape index (κ3) is 12.3. The maximum absolute atomic E-state index is 14.9. The van der Waals surface area contributed by atoms with Crippen molar-refractivity contribution in [2.75, 3.05) is 11.4 Å². The van der Waals surface area contributed by atoms with Gasteiger partial charge in [0.15, 0.2) is 17.5 Å². The van der Waals surface area contributed by atoms with Crippen LogP contribution in [0.5, 0.6) is 11.5 Å². The molecule has 16 rings (SSSR count). The number of hydrogen-bond donors (Lipinski definition) is 7. The van der Waals surface area contributed by atoms with Crippen LogP contribution in [0.4, 0.5) is 19.0 Å². The number of phenols is 2. The molecule has 4 fully saturated rings. The second kappa shape index (κ2) is 23.5. The monoisotopic (exact) mass is 1260 g/mol. The van der Waals surface area contributed by atoms with E-state index in [1.54, 1.807) is 41.3 Å². The predicted molar refractivity (Wildman–Crippen MR) is 343 cm³/mol. The van der Waals surface area contributed by atoms with Crippen molar-refractivity contribution >= 4 is 28.1 Å². The molecule has 0 aliphatic carbocycles. The number of aromatic nitrogens is 18. The maximum atomic E-state index is 14.9. The third-order valence-corrected chi connectivity index (χ3v) is 18.5. The lowest BCUT2D eigenvalue weighted by Crippen LogP contribution is -2.58. The normalized spacial score (nSPS) is 20.5. The van der Waals surface area contributed by atoms with Crippen molar-refractivity contribution in [3.63, 3.8) is 0 Å². The molecule has 0 saturated carbocycles. The molecule has 3 aromatic carbocycles. The Bertz CT molecular complexity index is 4500. The van der Waals surface area contributed by atoms with Gasteiger partial charge in [-0.2, -0.15) is 15.3 Å². The van der Waals surface area contributed by atoms with Gasteiger partial charge in [0.1, 0.15) is 28.3 Å². The fourth-order valence-corrected chi connectivity index (χ4v) is 15.2. The Kier molecular flexibility index (Phi) is 15.4. The number of anilines is 1. The van der Waals surface area contributed by atoms with E-state index in [1.165, 1.54) is 43.6 Å². The van der Waals surface area contributed by atoms with Gasteiger partial charge in [-0.3, -0.25) is 10.2 Å². The summed E-state index contributed by atoms with van der Waals surface area (Å²) in [6, 6.07) is 20.3. The topological polar surface area (TPSA) is 294 Å². The fraction of sp³-hybridized carbons (Fsp3) is 0.409. The second-order valence-corrected chi connectivity index (χ2v) is 27.9. The van der Waals surface area contributed by atoms with Crippen LogP contribution < -0.4 is 20.9 Å². The highest BCUT2D eigenvalue weighted by molar-refractivity contribution is 5.80. The number of H-pyrrole nitrogens is 2. The molecule has 0 spiro atoms. The van der Waals surface area contributed by atoms with Crippen LogP contribution in [0.2, 0.25) is 0 Å². The molecule has 2 unspecified atom stereocenters. The zero-order valence-corrected chi connectivity index (χ0v) is 52.9. The molecular weight excluding hydrogens is 1190 g/mol. The molecule has 5 aliphatic heterocycles. The van der Waals surface area contributed by atoms with Gasteiger partial charge in [-0.15, -0.1) is 40.8 Å². The summed E-state index contributed by atoms with van der Waals surface area (Å²) in [4.78, 5) is 2.37. The number of nitrogens with zero attached hydrogens (tertiary/aromatic N) is 17. The van der Waals surface area contributed by atoms with Gasteiger partial charge in [0.2, 0.25) is 11.3 Å². The van der Waals surface area contributed by atoms with Crippen LogP contribution in [0, 0.1) is 17.5 Å². The van der Waals surface area contributed by atoms with Crippen molar-refractivity contribution in [1.82, 2.24) is 107 Å². The third-order valence-electron chi connectivity index (χ3n) is 18.5. The Labute approximate surface area is 533 Å². The molecule has 2 bridgehead atoms. The minimum absolute atomic E-state index is 0.0137. The first-order chi connectivity index (χ1) is 44.5. The van der Waals surface area contributed by atoms with E-state index in [4.69, 9.17) is 0 Å². The maximum Gasteiger partial charge on any atom is 0.201 e. The molecule has 5 aliphatic rings. The summed E-state index contributed by atoms with van der Waals surface area (Å²) in [6.07, 6.45) is 18.8. The van der Waals surface area contributed by atoms with Gasteiger partial charge in [-0.1, -0.05) is 16.5 Å². The van der Waals surface area contributed by atoms with Gasteiger partial charge in [0.05, 0.1) is 47.2 Å². The molecule has 27 heteroatoms. The number of hydrogen-bond acceptors (Lipinski definition) is 19. The molecule has 4 saturated heterocycles. The number of piperidine rings is 3. The van der Waals surface area contributed by atoms with Crippen LogP contribution in [0.3, 0.4) is 0 Å². The minimum atomic E-state index is -0.910. The average molecular weight is 1260 g/mol. The average Bonchev–Trinajstić information content (AvgIpc) is 1.73. The van der Waals surface area contributed by atoms with Gasteiger partial charge in [0, 0.05) is 122 Å². The van der Waals surface area contributed by atoms with Gasteiger partial charge in [-0.05, 0) is 168 Å². The lowest BCUT2D eigenvalue weighted by atomic mass is 9.79. The number of nitrogens with one attached hydrogen (secondary N) is 5. The minimum Gasteiger partial charge on any atom is -0.507 e. The molecule has 7 N–H and O–H groups in total. The summed E-state index contributed by atoms with van der Waals surface area (Å²) in [7, 11) is 0. The molecule has 480 valence electrons. The summed E-state index contributed by atoms with van der Waals surface area (Å²) in [5, 5.41) is 92.8. The molecule has 8 aromatic heterocycles. The predicted octanol–water partition coefficient (Wildman–Crippen LogP) is 10.3. The first kappa shape index (κ1) is 60.9. The number of halogens is 3. The summed E-state index contributed by atoms with van der Waals surface area (Å²) in [6.45, 7) is 18.4. The largest absolute Gasteiger partial charge is 0.507 e. The highest BCUT2D eigenvalue weighted by Crippen LogP contribution is 2.42. The van der Waals surface area contributed by atoms with E-state index in [1.807, 2.05) is 45.9 Å². The Hall–Kier alpha value is -9.60. The molecule has 24 nitrogen and oxygen atoms in total. The van der Waals surface area contributed by atoms with Crippen molar-refractivity contribution in [2.45, 2.75) is 166 Å². The molecule has 0 radical (unpaired) electrons. The van der Waals surface area contributed by atoms with Crippen LogP contribution >= 0.6 is 0 Å². The number of phenolic OH excluding ortho intramolecular Hbond substituents is 2. The van der Waals surface area contributed by atoms with Crippen LogP contribution in [-0.4, -0.2) is 148 Å². The Morgan fingerprint density at radius 2 is 1.06 bits per heavy atom. The van der Waals surface area contributed by atoms with Crippen LogP contribution in [0.25, 0.3) is 84.0 Å². The second-order valence-electron chi connectivity index (χ2n) is 27.9. The lowest BCUT2D eigenvalue weighted by molar-refractivity contribution is 0.126. The van der Waals surface area contributed by atoms with E-state index in [-0.39, 0.29) is 68.0 Å². The number of aromatic amines is 2. The first-order valence-electron chi connectivity index (χ1n) is 31.5. The zero-order chi connectivity index (χ0) is 64.7. The summed E-state index contributed by atoms with van der Waals surface area (Å²) in [5.41, 5.74) is 7.79. The van der Waals surface area contributed by atoms with E-state index in [9.17, 15) is 23.4 Å². The number of aromatic hydroxyl groups is 2. The van der Waals surface area contributed by atoms with Gasteiger partial charge >= 0.3 is 0 Å². The van der Waals surface area contributed by atoms with Crippen molar-refractivity contribution in [3.05, 3.63) is 127 Å². The van der Waals surface area contributed by atoms with E-state index in [0.717, 1.165) is 68.6 Å². The Morgan fingerprint density at radius 3 is 1.62 bits per heavy atom. The van der Waals surface area contributed by atoms with E-state index in [2.05, 4.69) is 153 Å². The SMILES string of the molecule is CC1(C)CC(n2nnc3cc(-c4cc(F)c(-c5cn[nH]c5)cc4O)nnc32)CC(C)(C)N1.CC1(C)CC(n2nnc3cc(-c4ccc(-n5cccn5)cc4O)nnc32)CC(C)(C)N1.Fc1c(-c2cn[nH]c2)ccc(-c2cc3c(nn2)N(C2CC4CCC(C2)N4)CC3)c1F. The summed E-state index contributed by atoms with van der Waals surface area (Å²) < 4.78 is 49.7. The Morgan fingerprint density at radius 1 is 0.538 bits per heavy atom. The van der Waals surface area contributed by atoms with Crippen molar-refractivity contribution in [1.29, 1.82) is 0 Å².